The number of likely N-dealkylation sites (tertiary alicyclic amines) is 1. The van der Waals surface area contributed by atoms with Crippen molar-refractivity contribution in [3.63, 3.8) is 0 Å². The standard InChI is InChI=1S/C17H22N4O2S/c18-17(19)21-10-4-5-13(12-21)11-20-24(22,23)16-9-3-7-14-6-1-2-8-15(14)16/h1-3,6-9,13,20H,4-5,10-12H2,(H3,18,19)/t13-/m1/s1. The number of fused-ring (bicyclic) bond motifs is 1. The highest BCUT2D eigenvalue weighted by molar-refractivity contribution is 7.89. The summed E-state index contributed by atoms with van der Waals surface area (Å²) < 4.78 is 28.2. The molecule has 0 aliphatic carbocycles. The summed E-state index contributed by atoms with van der Waals surface area (Å²) >= 11 is 0. The van der Waals surface area contributed by atoms with Gasteiger partial charge in [-0.3, -0.25) is 5.41 Å². The van der Waals surface area contributed by atoms with Crippen LogP contribution in [0.5, 0.6) is 0 Å². The molecular formula is C17H22N4O2S. The number of hydrogen-bond acceptors (Lipinski definition) is 3. The molecule has 24 heavy (non-hydrogen) atoms. The van der Waals surface area contributed by atoms with Crippen molar-refractivity contribution in [1.82, 2.24) is 9.62 Å². The number of rotatable bonds is 4. The van der Waals surface area contributed by atoms with Crippen LogP contribution in [0.25, 0.3) is 10.8 Å². The molecule has 0 unspecified atom stereocenters. The first-order chi connectivity index (χ1) is 11.5. The third kappa shape index (κ3) is 3.52. The van der Waals surface area contributed by atoms with Gasteiger partial charge in [-0.25, -0.2) is 13.1 Å². The van der Waals surface area contributed by atoms with Crippen molar-refractivity contribution in [3.05, 3.63) is 42.5 Å². The fraction of sp³-hybridized carbons (Fsp3) is 0.353. The van der Waals surface area contributed by atoms with Crippen molar-refractivity contribution in [1.29, 1.82) is 5.41 Å². The van der Waals surface area contributed by atoms with Gasteiger partial charge in [-0.15, -0.1) is 0 Å². The van der Waals surface area contributed by atoms with Crippen LogP contribution in [0.3, 0.4) is 0 Å². The Bertz CT molecular complexity index is 845. The van der Waals surface area contributed by atoms with Crippen LogP contribution in [0, 0.1) is 11.3 Å². The number of piperidine rings is 1. The average Bonchev–Trinajstić information content (AvgIpc) is 2.60. The van der Waals surface area contributed by atoms with E-state index in [9.17, 15) is 8.42 Å². The molecule has 1 heterocycles. The molecule has 6 nitrogen and oxygen atoms in total. The van der Waals surface area contributed by atoms with E-state index in [2.05, 4.69) is 4.72 Å². The zero-order valence-electron chi connectivity index (χ0n) is 13.4. The molecular weight excluding hydrogens is 324 g/mol. The summed E-state index contributed by atoms with van der Waals surface area (Å²) in [6.07, 6.45) is 1.85. The number of nitrogens with two attached hydrogens (primary N) is 1. The van der Waals surface area contributed by atoms with Gasteiger partial charge in [0.15, 0.2) is 5.96 Å². The molecule has 3 rings (SSSR count). The first-order valence-corrected chi connectivity index (χ1v) is 9.52. The molecule has 128 valence electrons. The third-order valence-electron chi connectivity index (χ3n) is 4.46. The monoisotopic (exact) mass is 346 g/mol. The van der Waals surface area contributed by atoms with Gasteiger partial charge in [-0.1, -0.05) is 36.4 Å². The maximum Gasteiger partial charge on any atom is 0.241 e. The Kier molecular flexibility index (Phi) is 4.73. The second-order valence-corrected chi connectivity index (χ2v) is 7.90. The van der Waals surface area contributed by atoms with E-state index in [-0.39, 0.29) is 11.9 Å². The lowest BCUT2D eigenvalue weighted by Crippen LogP contribution is -2.46. The lowest BCUT2D eigenvalue weighted by atomic mass is 9.99. The Hall–Kier alpha value is -2.12. The molecule has 0 saturated carbocycles. The predicted molar refractivity (Wildman–Crippen MR) is 95.3 cm³/mol. The van der Waals surface area contributed by atoms with Crippen molar-refractivity contribution in [2.24, 2.45) is 11.7 Å². The molecule has 2 aromatic rings. The Morgan fingerprint density at radius 2 is 2.00 bits per heavy atom. The number of hydrogen-bond donors (Lipinski definition) is 3. The molecule has 2 aromatic carbocycles. The van der Waals surface area contributed by atoms with Gasteiger partial charge in [0, 0.05) is 25.0 Å². The van der Waals surface area contributed by atoms with Crippen LogP contribution >= 0.6 is 0 Å². The van der Waals surface area contributed by atoms with E-state index < -0.39 is 10.0 Å². The van der Waals surface area contributed by atoms with Gasteiger partial charge in [-0.2, -0.15) is 0 Å². The number of guanidine groups is 1. The van der Waals surface area contributed by atoms with Gasteiger partial charge in [0.1, 0.15) is 0 Å². The SMILES string of the molecule is N=C(N)N1CCC[C@H](CNS(=O)(=O)c2cccc3ccccc23)C1. The fourth-order valence-electron chi connectivity index (χ4n) is 3.19. The smallest absolute Gasteiger partial charge is 0.241 e. The van der Waals surface area contributed by atoms with E-state index in [4.69, 9.17) is 11.1 Å². The fourth-order valence-corrected chi connectivity index (χ4v) is 4.53. The molecule has 1 atom stereocenters. The van der Waals surface area contributed by atoms with Crippen LogP contribution in [0.15, 0.2) is 47.4 Å². The number of sulfonamides is 1. The molecule has 0 aromatic heterocycles. The van der Waals surface area contributed by atoms with Gasteiger partial charge in [0.2, 0.25) is 10.0 Å². The zero-order valence-corrected chi connectivity index (χ0v) is 14.2. The summed E-state index contributed by atoms with van der Waals surface area (Å²) in [5, 5.41) is 9.15. The minimum atomic E-state index is -3.58. The van der Waals surface area contributed by atoms with Crippen LogP contribution in [0.2, 0.25) is 0 Å². The molecule has 0 amide bonds. The predicted octanol–water partition coefficient (Wildman–Crippen LogP) is 1.72. The Morgan fingerprint density at radius 3 is 2.79 bits per heavy atom. The van der Waals surface area contributed by atoms with E-state index in [1.54, 1.807) is 17.0 Å². The normalized spacial score (nSPS) is 18.7. The van der Waals surface area contributed by atoms with Gasteiger partial charge in [0.25, 0.3) is 0 Å². The molecule has 7 heteroatoms. The maximum absolute atomic E-state index is 12.7. The Balaban J connectivity index is 1.75. The van der Waals surface area contributed by atoms with Gasteiger partial charge in [0.05, 0.1) is 4.90 Å². The van der Waals surface area contributed by atoms with Crippen molar-refractivity contribution < 1.29 is 8.42 Å². The minimum Gasteiger partial charge on any atom is -0.370 e. The Morgan fingerprint density at radius 1 is 1.25 bits per heavy atom. The van der Waals surface area contributed by atoms with E-state index in [1.807, 2.05) is 30.3 Å². The molecule has 1 aliphatic rings. The topological polar surface area (TPSA) is 99.3 Å². The van der Waals surface area contributed by atoms with Gasteiger partial charge in [-0.05, 0) is 30.2 Å². The molecule has 1 saturated heterocycles. The zero-order chi connectivity index (χ0) is 17.2. The second-order valence-electron chi connectivity index (χ2n) is 6.17. The number of nitrogens with one attached hydrogen (secondary N) is 2. The summed E-state index contributed by atoms with van der Waals surface area (Å²) in [5.74, 6) is 0.212. The summed E-state index contributed by atoms with van der Waals surface area (Å²) in [4.78, 5) is 2.10. The van der Waals surface area contributed by atoms with Crippen molar-refractivity contribution in [2.45, 2.75) is 17.7 Å². The van der Waals surface area contributed by atoms with Crippen molar-refractivity contribution in [3.8, 4) is 0 Å². The Labute approximate surface area is 142 Å². The van der Waals surface area contributed by atoms with E-state index in [1.165, 1.54) is 0 Å². The molecule has 0 spiro atoms. The molecule has 0 bridgehead atoms. The van der Waals surface area contributed by atoms with Crippen molar-refractivity contribution >= 4 is 26.8 Å². The quantitative estimate of drug-likeness (QED) is 0.580. The third-order valence-corrected chi connectivity index (χ3v) is 5.94. The van der Waals surface area contributed by atoms with Crippen LogP contribution in [0.1, 0.15) is 12.8 Å². The average molecular weight is 346 g/mol. The van der Waals surface area contributed by atoms with Gasteiger partial charge >= 0.3 is 0 Å². The van der Waals surface area contributed by atoms with Crippen LogP contribution in [0.4, 0.5) is 0 Å². The molecule has 1 fully saturated rings. The lowest BCUT2D eigenvalue weighted by molar-refractivity contribution is 0.256. The molecule has 0 radical (unpaired) electrons. The molecule has 1 aliphatic heterocycles. The van der Waals surface area contributed by atoms with E-state index in [0.717, 1.165) is 30.2 Å². The summed E-state index contributed by atoms with van der Waals surface area (Å²) in [5.41, 5.74) is 5.54. The maximum atomic E-state index is 12.7. The highest BCUT2D eigenvalue weighted by Gasteiger charge is 2.23. The first-order valence-electron chi connectivity index (χ1n) is 8.04. The molecule has 4 N–H and O–H groups in total. The minimum absolute atomic E-state index is 0.0524. The highest BCUT2D eigenvalue weighted by Crippen LogP contribution is 2.23. The lowest BCUT2D eigenvalue weighted by Gasteiger charge is -2.32. The van der Waals surface area contributed by atoms with E-state index in [0.29, 0.717) is 18.0 Å². The summed E-state index contributed by atoms with van der Waals surface area (Å²) in [6, 6.07) is 12.8. The van der Waals surface area contributed by atoms with Gasteiger partial charge < -0.3 is 10.6 Å². The van der Waals surface area contributed by atoms with Crippen LogP contribution in [-0.4, -0.2) is 38.9 Å². The summed E-state index contributed by atoms with van der Waals surface area (Å²) in [7, 11) is -3.58. The number of nitrogens with zero attached hydrogens (tertiary/aromatic N) is 1. The number of benzene rings is 2. The van der Waals surface area contributed by atoms with Crippen LogP contribution < -0.4 is 10.5 Å². The summed E-state index contributed by atoms with van der Waals surface area (Å²) in [6.45, 7) is 1.74. The first kappa shape index (κ1) is 16.7. The highest BCUT2D eigenvalue weighted by atomic mass is 32.2. The largest absolute Gasteiger partial charge is 0.370 e. The van der Waals surface area contributed by atoms with Crippen LogP contribution in [-0.2, 0) is 10.0 Å². The second kappa shape index (κ2) is 6.78. The van der Waals surface area contributed by atoms with E-state index >= 15 is 0 Å². The van der Waals surface area contributed by atoms with Crippen molar-refractivity contribution in [2.75, 3.05) is 19.6 Å².